The van der Waals surface area contributed by atoms with Gasteiger partial charge in [-0.15, -0.1) is 0 Å². The largest absolute Gasteiger partial charge is 0.465 e. The number of carboxylic acid groups (broad SMARTS) is 1. The monoisotopic (exact) mass is 493 g/mol. The third kappa shape index (κ3) is 7.08. The van der Waals surface area contributed by atoms with Crippen LogP contribution >= 0.6 is 0 Å². The molecule has 1 atom stereocenters. The number of pyridine rings is 1. The van der Waals surface area contributed by atoms with E-state index in [0.29, 0.717) is 5.92 Å². The van der Waals surface area contributed by atoms with Crippen molar-refractivity contribution in [3.05, 3.63) is 76.4 Å². The lowest BCUT2D eigenvalue weighted by Crippen LogP contribution is -2.44. The first-order chi connectivity index (χ1) is 17.1. The van der Waals surface area contributed by atoms with Gasteiger partial charge in [-0.05, 0) is 60.4 Å². The molecule has 0 fully saturated rings. The number of hydrogen-bond donors (Lipinski definition) is 5. The number of H-pyrrole nitrogens is 1. The number of amides is 3. The molecule has 0 aliphatic carbocycles. The molecular formula is C26H31N5O5. The van der Waals surface area contributed by atoms with Gasteiger partial charge in [-0.3, -0.25) is 14.4 Å². The number of anilines is 1. The zero-order chi connectivity index (χ0) is 26.2. The highest BCUT2D eigenvalue weighted by Crippen LogP contribution is 2.22. The molecule has 10 heteroatoms. The summed E-state index contributed by atoms with van der Waals surface area (Å²) in [5.74, 6) is -0.814. The maximum Gasteiger partial charge on any atom is 0.405 e. The fourth-order valence-electron chi connectivity index (χ4n) is 4.01. The molecule has 2 aromatic heterocycles. The maximum absolute atomic E-state index is 13.1. The number of allylic oxidation sites excluding steroid dienone is 1. The molecule has 0 bridgehead atoms. The number of primary amides is 1. The van der Waals surface area contributed by atoms with Gasteiger partial charge in [0.2, 0.25) is 11.8 Å². The van der Waals surface area contributed by atoms with Crippen molar-refractivity contribution in [2.24, 2.45) is 11.7 Å². The van der Waals surface area contributed by atoms with Crippen molar-refractivity contribution < 1.29 is 19.5 Å². The van der Waals surface area contributed by atoms with Crippen molar-refractivity contribution in [3.8, 4) is 0 Å². The molecule has 36 heavy (non-hydrogen) atoms. The normalized spacial score (nSPS) is 12.2. The summed E-state index contributed by atoms with van der Waals surface area (Å²) < 4.78 is 1.47. The van der Waals surface area contributed by atoms with Crippen molar-refractivity contribution in [2.75, 3.05) is 5.32 Å². The lowest BCUT2D eigenvalue weighted by molar-refractivity contribution is -0.118. The highest BCUT2D eigenvalue weighted by atomic mass is 16.4. The van der Waals surface area contributed by atoms with Crippen LogP contribution in [-0.4, -0.2) is 38.6 Å². The van der Waals surface area contributed by atoms with Gasteiger partial charge in [0.15, 0.2) is 0 Å². The zero-order valence-corrected chi connectivity index (χ0v) is 20.3. The highest BCUT2D eigenvalue weighted by molar-refractivity contribution is 5.96. The predicted octanol–water partition coefficient (Wildman–Crippen LogP) is 2.97. The molecule has 0 radical (unpaired) electrons. The van der Waals surface area contributed by atoms with Crippen molar-refractivity contribution >= 4 is 34.5 Å². The van der Waals surface area contributed by atoms with E-state index in [9.17, 15) is 19.2 Å². The summed E-state index contributed by atoms with van der Waals surface area (Å²) in [6, 6.07) is 10.1. The SMILES string of the molecule is CC(C)Cc1cccc2cc(Cn3cccc(NC(=O)[C@H](CC/C=C/C(N)=O)NC(=O)O)c3=O)[nH]c12. The van der Waals surface area contributed by atoms with Crippen LogP contribution in [0.25, 0.3) is 10.9 Å². The molecule has 0 aliphatic rings. The lowest BCUT2D eigenvalue weighted by atomic mass is 10.0. The number of nitrogens with two attached hydrogens (primary N) is 1. The zero-order valence-electron chi connectivity index (χ0n) is 20.3. The van der Waals surface area contributed by atoms with Gasteiger partial charge in [-0.1, -0.05) is 38.1 Å². The predicted molar refractivity (Wildman–Crippen MR) is 138 cm³/mol. The number of hydrogen-bond acceptors (Lipinski definition) is 4. The number of aromatic nitrogens is 2. The molecule has 0 saturated carbocycles. The standard InChI is InChI=1S/C26H31N5O5/c1-16(2)13-17-7-5-8-18-14-19(28-23(17)18)15-31-12-6-10-21(25(31)34)29-24(33)20(30-26(35)36)9-3-4-11-22(27)32/h4-8,10-12,14,16,20,28,30H,3,9,13,15H2,1-2H3,(H2,27,32)(H,29,33)(H,35,36)/b11-4+/t20-/m0/s1. The van der Waals surface area contributed by atoms with Crippen molar-refractivity contribution in [1.82, 2.24) is 14.9 Å². The summed E-state index contributed by atoms with van der Waals surface area (Å²) in [4.78, 5) is 51.2. The number of nitrogens with zero attached hydrogens (tertiary/aromatic N) is 1. The Morgan fingerprint density at radius 3 is 2.67 bits per heavy atom. The van der Waals surface area contributed by atoms with Gasteiger partial charge in [-0.2, -0.15) is 0 Å². The van der Waals surface area contributed by atoms with Crippen LogP contribution < -0.4 is 21.9 Å². The van der Waals surface area contributed by atoms with E-state index in [1.807, 2.05) is 18.2 Å². The molecule has 0 spiro atoms. The van der Waals surface area contributed by atoms with E-state index in [4.69, 9.17) is 10.8 Å². The van der Waals surface area contributed by atoms with Crippen LogP contribution in [0.5, 0.6) is 0 Å². The van der Waals surface area contributed by atoms with Crippen molar-refractivity contribution in [3.63, 3.8) is 0 Å². The van der Waals surface area contributed by atoms with Crippen molar-refractivity contribution in [2.45, 2.75) is 45.7 Å². The number of rotatable bonds is 11. The van der Waals surface area contributed by atoms with Crippen LogP contribution in [0.3, 0.4) is 0 Å². The first-order valence-corrected chi connectivity index (χ1v) is 11.7. The summed E-state index contributed by atoms with van der Waals surface area (Å²) in [5, 5.41) is 14.8. The molecule has 0 saturated heterocycles. The van der Waals surface area contributed by atoms with E-state index in [0.717, 1.165) is 29.1 Å². The number of carbonyl (C=O) groups excluding carboxylic acids is 2. The van der Waals surface area contributed by atoms with Crippen LogP contribution in [-0.2, 0) is 22.6 Å². The van der Waals surface area contributed by atoms with E-state index in [-0.39, 0.29) is 25.1 Å². The van der Waals surface area contributed by atoms with Crippen LogP contribution in [0, 0.1) is 5.92 Å². The fourth-order valence-corrected chi connectivity index (χ4v) is 4.01. The van der Waals surface area contributed by atoms with Gasteiger partial charge in [0.25, 0.3) is 5.56 Å². The first kappa shape index (κ1) is 26.3. The Labute approximate surface area is 208 Å². The Kier molecular flexibility index (Phi) is 8.66. The number of carbonyl (C=O) groups is 3. The Balaban J connectivity index is 1.77. The van der Waals surface area contributed by atoms with Crippen LogP contribution in [0.1, 0.15) is 37.9 Å². The molecule has 6 N–H and O–H groups in total. The van der Waals surface area contributed by atoms with Gasteiger partial charge in [-0.25, -0.2) is 4.79 Å². The van der Waals surface area contributed by atoms with Crippen LogP contribution in [0.2, 0.25) is 0 Å². The second-order valence-corrected chi connectivity index (χ2v) is 9.00. The number of aromatic amines is 1. The number of para-hydroxylation sites is 1. The molecule has 3 amide bonds. The molecule has 190 valence electrons. The molecule has 2 heterocycles. The topological polar surface area (TPSA) is 159 Å². The Morgan fingerprint density at radius 2 is 1.97 bits per heavy atom. The molecule has 0 aliphatic heterocycles. The lowest BCUT2D eigenvalue weighted by Gasteiger charge is -2.16. The number of nitrogens with one attached hydrogen (secondary N) is 3. The van der Waals surface area contributed by atoms with Gasteiger partial charge in [0.05, 0.1) is 6.54 Å². The minimum Gasteiger partial charge on any atom is -0.465 e. The van der Waals surface area contributed by atoms with Crippen molar-refractivity contribution in [1.29, 1.82) is 0 Å². The molecule has 0 unspecified atom stereocenters. The second-order valence-electron chi connectivity index (χ2n) is 9.00. The summed E-state index contributed by atoms with van der Waals surface area (Å²) in [6.45, 7) is 4.60. The van der Waals surface area contributed by atoms with E-state index in [2.05, 4.69) is 35.5 Å². The Bertz CT molecular complexity index is 1340. The van der Waals surface area contributed by atoms with Crippen LogP contribution in [0.15, 0.2) is 59.5 Å². The average Bonchev–Trinajstić information content (AvgIpc) is 3.21. The summed E-state index contributed by atoms with van der Waals surface area (Å²) in [7, 11) is 0. The van der Waals surface area contributed by atoms with Crippen LogP contribution in [0.4, 0.5) is 10.5 Å². The van der Waals surface area contributed by atoms with Gasteiger partial charge in [0, 0.05) is 17.4 Å². The Morgan fingerprint density at radius 1 is 1.19 bits per heavy atom. The molecular weight excluding hydrogens is 462 g/mol. The third-order valence-corrected chi connectivity index (χ3v) is 5.56. The fraction of sp³-hybridized carbons (Fsp3) is 0.308. The summed E-state index contributed by atoms with van der Waals surface area (Å²) in [6.07, 6.45) is 4.09. The smallest absolute Gasteiger partial charge is 0.405 e. The highest BCUT2D eigenvalue weighted by Gasteiger charge is 2.21. The van der Waals surface area contributed by atoms with E-state index in [1.54, 1.807) is 12.3 Å². The van der Waals surface area contributed by atoms with Gasteiger partial charge < -0.3 is 31.0 Å². The minimum atomic E-state index is -1.38. The minimum absolute atomic E-state index is 0.0315. The number of fused-ring (bicyclic) bond motifs is 1. The van der Waals surface area contributed by atoms with Gasteiger partial charge >= 0.3 is 6.09 Å². The van der Waals surface area contributed by atoms with Gasteiger partial charge in [0.1, 0.15) is 11.7 Å². The average molecular weight is 494 g/mol. The summed E-state index contributed by atoms with van der Waals surface area (Å²) >= 11 is 0. The number of benzene rings is 1. The molecule has 3 rings (SSSR count). The van der Waals surface area contributed by atoms with E-state index in [1.165, 1.54) is 22.3 Å². The second kappa shape index (κ2) is 11.9. The Hall–Kier alpha value is -4.34. The third-order valence-electron chi connectivity index (χ3n) is 5.56. The maximum atomic E-state index is 13.1. The molecule has 10 nitrogen and oxygen atoms in total. The molecule has 1 aromatic carbocycles. The van der Waals surface area contributed by atoms with E-state index >= 15 is 0 Å². The first-order valence-electron chi connectivity index (χ1n) is 11.7. The summed E-state index contributed by atoms with van der Waals surface area (Å²) in [5.41, 5.74) is 7.75. The molecule has 3 aromatic rings. The quantitative estimate of drug-likeness (QED) is 0.259. The van der Waals surface area contributed by atoms with E-state index < -0.39 is 29.5 Å².